The Morgan fingerprint density at radius 1 is 0.885 bits per heavy atom. The molecular formula is C20H24N2O3S. The molecule has 0 unspecified atom stereocenters. The summed E-state index contributed by atoms with van der Waals surface area (Å²) in [6.45, 7) is 3.44. The lowest BCUT2D eigenvalue weighted by Gasteiger charge is -2.42. The smallest absolute Gasteiger partial charge is 0.245 e. The van der Waals surface area contributed by atoms with Crippen LogP contribution in [0.1, 0.15) is 18.4 Å². The van der Waals surface area contributed by atoms with Crippen LogP contribution in [0.3, 0.4) is 0 Å². The van der Waals surface area contributed by atoms with Crippen LogP contribution < -0.4 is 0 Å². The fourth-order valence-electron chi connectivity index (χ4n) is 3.95. The van der Waals surface area contributed by atoms with Crippen molar-refractivity contribution in [1.82, 2.24) is 9.21 Å². The van der Waals surface area contributed by atoms with Crippen molar-refractivity contribution in [3.8, 4) is 0 Å². The number of rotatable bonds is 4. The molecule has 0 saturated carbocycles. The van der Waals surface area contributed by atoms with Gasteiger partial charge < -0.3 is 4.74 Å². The molecule has 2 aliphatic rings. The van der Waals surface area contributed by atoms with Crippen LogP contribution in [0.25, 0.3) is 0 Å². The van der Waals surface area contributed by atoms with Crippen LogP contribution in [0.2, 0.25) is 0 Å². The van der Waals surface area contributed by atoms with Crippen LogP contribution in [0, 0.1) is 0 Å². The summed E-state index contributed by atoms with van der Waals surface area (Å²) in [7, 11) is -3.53. The van der Waals surface area contributed by atoms with Crippen molar-refractivity contribution in [3.63, 3.8) is 0 Å². The molecule has 2 saturated heterocycles. The Kier molecular flexibility index (Phi) is 4.84. The van der Waals surface area contributed by atoms with Gasteiger partial charge in [-0.05, 0) is 17.7 Å². The van der Waals surface area contributed by atoms with Crippen LogP contribution in [0.5, 0.6) is 0 Å². The van der Waals surface area contributed by atoms with Crippen molar-refractivity contribution in [1.29, 1.82) is 0 Å². The number of hydrogen-bond donors (Lipinski definition) is 0. The lowest BCUT2D eigenvalue weighted by molar-refractivity contribution is -0.0917. The summed E-state index contributed by atoms with van der Waals surface area (Å²) in [5.74, 6) is 0. The summed E-state index contributed by atoms with van der Waals surface area (Å²) in [4.78, 5) is 2.71. The SMILES string of the molecule is O=S(=O)(c1ccccc1)N1CCOC12CCN(Cc1ccccc1)CC2. The second-order valence-corrected chi connectivity index (χ2v) is 8.81. The van der Waals surface area contributed by atoms with Gasteiger partial charge in [0.1, 0.15) is 5.72 Å². The minimum absolute atomic E-state index is 0.344. The van der Waals surface area contributed by atoms with E-state index in [2.05, 4.69) is 29.2 Å². The highest BCUT2D eigenvalue weighted by Gasteiger charge is 2.50. The minimum atomic E-state index is -3.53. The maximum atomic E-state index is 13.1. The van der Waals surface area contributed by atoms with E-state index < -0.39 is 15.7 Å². The summed E-state index contributed by atoms with van der Waals surface area (Å²) in [5.41, 5.74) is 0.589. The van der Waals surface area contributed by atoms with Gasteiger partial charge >= 0.3 is 0 Å². The van der Waals surface area contributed by atoms with Gasteiger partial charge in [0.05, 0.1) is 11.5 Å². The monoisotopic (exact) mass is 372 g/mol. The first-order chi connectivity index (χ1) is 12.6. The second kappa shape index (κ2) is 7.12. The molecule has 2 fully saturated rings. The summed E-state index contributed by atoms with van der Waals surface area (Å²) in [5, 5.41) is 0. The number of hydrogen-bond acceptors (Lipinski definition) is 4. The molecule has 0 radical (unpaired) electrons. The van der Waals surface area contributed by atoms with Gasteiger partial charge in [0.15, 0.2) is 0 Å². The summed E-state index contributed by atoms with van der Waals surface area (Å²) < 4.78 is 33.8. The molecule has 4 rings (SSSR count). The molecule has 0 aliphatic carbocycles. The Balaban J connectivity index is 1.49. The highest BCUT2D eigenvalue weighted by atomic mass is 32.2. The first-order valence-electron chi connectivity index (χ1n) is 9.08. The predicted octanol–water partition coefficient (Wildman–Crippen LogP) is 2.70. The van der Waals surface area contributed by atoms with Gasteiger partial charge in [-0.2, -0.15) is 4.31 Å². The highest BCUT2D eigenvalue weighted by molar-refractivity contribution is 7.89. The maximum Gasteiger partial charge on any atom is 0.245 e. The standard InChI is InChI=1S/C20H24N2O3S/c23-26(24,19-9-5-2-6-10-19)22-15-16-25-20(22)11-13-21(14-12-20)17-18-7-3-1-4-8-18/h1-10H,11-17H2. The molecule has 26 heavy (non-hydrogen) atoms. The zero-order valence-electron chi connectivity index (χ0n) is 14.8. The van der Waals surface area contributed by atoms with Gasteiger partial charge in [-0.15, -0.1) is 0 Å². The van der Waals surface area contributed by atoms with E-state index in [0.717, 1.165) is 19.6 Å². The Morgan fingerprint density at radius 3 is 2.15 bits per heavy atom. The summed E-state index contributed by atoms with van der Waals surface area (Å²) in [6.07, 6.45) is 1.40. The van der Waals surface area contributed by atoms with Crippen molar-refractivity contribution in [3.05, 3.63) is 66.2 Å². The molecule has 0 bridgehead atoms. The molecule has 2 aromatic carbocycles. The van der Waals surface area contributed by atoms with E-state index in [4.69, 9.17) is 4.74 Å². The zero-order chi connectivity index (χ0) is 18.0. The van der Waals surface area contributed by atoms with E-state index in [1.165, 1.54) is 5.56 Å². The fraction of sp³-hybridized carbons (Fsp3) is 0.400. The van der Waals surface area contributed by atoms with Gasteiger partial charge in [-0.25, -0.2) is 8.42 Å². The lowest BCUT2D eigenvalue weighted by Crippen LogP contribution is -2.54. The van der Waals surface area contributed by atoms with Gasteiger partial charge in [0.25, 0.3) is 0 Å². The number of nitrogens with zero attached hydrogens (tertiary/aromatic N) is 2. The van der Waals surface area contributed by atoms with Gasteiger partial charge in [-0.3, -0.25) is 4.90 Å². The van der Waals surface area contributed by atoms with E-state index in [-0.39, 0.29) is 0 Å². The normalized spacial score (nSPS) is 21.2. The van der Waals surface area contributed by atoms with Crippen LogP contribution in [0.4, 0.5) is 0 Å². The molecular weight excluding hydrogens is 348 g/mol. The number of ether oxygens (including phenoxy) is 1. The van der Waals surface area contributed by atoms with Crippen LogP contribution in [-0.2, 0) is 21.3 Å². The van der Waals surface area contributed by atoms with Gasteiger partial charge in [-0.1, -0.05) is 48.5 Å². The number of sulfonamides is 1. The van der Waals surface area contributed by atoms with Crippen LogP contribution in [-0.4, -0.2) is 49.6 Å². The zero-order valence-corrected chi connectivity index (χ0v) is 15.6. The minimum Gasteiger partial charge on any atom is -0.358 e. The Bertz CT molecular complexity index is 832. The molecule has 0 N–H and O–H groups in total. The first kappa shape index (κ1) is 17.7. The van der Waals surface area contributed by atoms with Crippen molar-refractivity contribution in [2.24, 2.45) is 0 Å². The Morgan fingerprint density at radius 2 is 1.50 bits per heavy atom. The summed E-state index contributed by atoms with van der Waals surface area (Å²) in [6, 6.07) is 19.1. The predicted molar refractivity (Wildman–Crippen MR) is 100.0 cm³/mol. The molecule has 6 heteroatoms. The quantitative estimate of drug-likeness (QED) is 0.828. The molecule has 0 aromatic heterocycles. The molecule has 2 aliphatic heterocycles. The molecule has 2 heterocycles. The number of benzene rings is 2. The highest BCUT2D eigenvalue weighted by Crippen LogP contribution is 2.38. The molecule has 1 spiro atoms. The van der Waals surface area contributed by atoms with Gasteiger partial charge in [0, 0.05) is 39.0 Å². The van der Waals surface area contributed by atoms with Crippen molar-refractivity contribution >= 4 is 10.0 Å². The number of piperidine rings is 1. The topological polar surface area (TPSA) is 49.9 Å². The number of likely N-dealkylation sites (tertiary alicyclic amines) is 1. The van der Waals surface area contributed by atoms with Crippen molar-refractivity contribution < 1.29 is 13.2 Å². The Labute approximate surface area is 155 Å². The second-order valence-electron chi connectivity index (χ2n) is 6.95. The van der Waals surface area contributed by atoms with E-state index in [1.54, 1.807) is 28.6 Å². The largest absolute Gasteiger partial charge is 0.358 e. The molecule has 0 amide bonds. The summed E-state index contributed by atoms with van der Waals surface area (Å²) >= 11 is 0. The van der Waals surface area contributed by atoms with E-state index in [1.807, 2.05) is 12.1 Å². The van der Waals surface area contributed by atoms with Gasteiger partial charge in [0.2, 0.25) is 10.0 Å². The average Bonchev–Trinajstić information content (AvgIpc) is 3.09. The van der Waals surface area contributed by atoms with Crippen LogP contribution >= 0.6 is 0 Å². The molecule has 0 atom stereocenters. The average molecular weight is 372 g/mol. The van der Waals surface area contributed by atoms with Crippen LogP contribution in [0.15, 0.2) is 65.6 Å². The van der Waals surface area contributed by atoms with E-state index >= 15 is 0 Å². The third-order valence-corrected chi connectivity index (χ3v) is 7.30. The van der Waals surface area contributed by atoms with Crippen molar-refractivity contribution in [2.45, 2.75) is 30.0 Å². The maximum absolute atomic E-state index is 13.1. The van der Waals surface area contributed by atoms with Crippen molar-refractivity contribution in [2.75, 3.05) is 26.2 Å². The fourth-order valence-corrected chi connectivity index (χ4v) is 5.69. The lowest BCUT2D eigenvalue weighted by atomic mass is 10.00. The Hall–Kier alpha value is -1.73. The first-order valence-corrected chi connectivity index (χ1v) is 10.5. The third kappa shape index (κ3) is 3.30. The van der Waals surface area contributed by atoms with E-state index in [9.17, 15) is 8.42 Å². The molecule has 2 aromatic rings. The molecule has 5 nitrogen and oxygen atoms in total. The third-order valence-electron chi connectivity index (χ3n) is 5.34. The van der Waals surface area contributed by atoms with E-state index in [0.29, 0.717) is 30.9 Å². The molecule has 138 valence electrons.